The molecule has 1 aromatic heterocycles. The molecule has 0 bridgehead atoms. The largest absolute Gasteiger partial charge is 0.480 e. The SMILES string of the molecule is Cc1ccc(-c2noc(CN(C)C(=O)[C@@H](C)Oc3cccc4ccccc34)n2)cc1. The number of hydrogen-bond donors (Lipinski definition) is 0. The van der Waals surface area contributed by atoms with Crippen molar-refractivity contribution in [3.8, 4) is 17.1 Å². The van der Waals surface area contributed by atoms with E-state index < -0.39 is 6.10 Å². The fourth-order valence-corrected chi connectivity index (χ4v) is 3.27. The van der Waals surface area contributed by atoms with Crippen LogP contribution < -0.4 is 4.74 Å². The van der Waals surface area contributed by atoms with Gasteiger partial charge < -0.3 is 14.2 Å². The fraction of sp³-hybridized carbons (Fsp3) is 0.208. The maximum Gasteiger partial charge on any atom is 0.263 e. The summed E-state index contributed by atoms with van der Waals surface area (Å²) in [7, 11) is 1.70. The van der Waals surface area contributed by atoms with Crippen LogP contribution in [0.25, 0.3) is 22.2 Å². The Balaban J connectivity index is 1.42. The molecule has 0 unspecified atom stereocenters. The van der Waals surface area contributed by atoms with Crippen LogP contribution >= 0.6 is 0 Å². The van der Waals surface area contributed by atoms with Gasteiger partial charge in [0.1, 0.15) is 5.75 Å². The molecule has 1 amide bonds. The van der Waals surface area contributed by atoms with Gasteiger partial charge in [-0.05, 0) is 25.3 Å². The molecular weight excluding hydrogens is 378 g/mol. The lowest BCUT2D eigenvalue weighted by Crippen LogP contribution is -2.37. The first-order valence-electron chi connectivity index (χ1n) is 9.80. The van der Waals surface area contributed by atoms with Crippen LogP contribution in [0.3, 0.4) is 0 Å². The van der Waals surface area contributed by atoms with Crippen molar-refractivity contribution in [2.45, 2.75) is 26.5 Å². The number of rotatable bonds is 6. The van der Waals surface area contributed by atoms with E-state index in [0.717, 1.165) is 21.9 Å². The van der Waals surface area contributed by atoms with E-state index in [0.29, 0.717) is 17.5 Å². The molecule has 0 spiro atoms. The highest BCUT2D eigenvalue weighted by Gasteiger charge is 2.22. The highest BCUT2D eigenvalue weighted by atomic mass is 16.5. The van der Waals surface area contributed by atoms with Gasteiger partial charge >= 0.3 is 0 Å². The van der Waals surface area contributed by atoms with E-state index in [4.69, 9.17) is 9.26 Å². The molecule has 4 rings (SSSR count). The Morgan fingerprint density at radius 3 is 2.60 bits per heavy atom. The predicted molar refractivity (Wildman–Crippen MR) is 115 cm³/mol. The minimum atomic E-state index is -0.653. The van der Waals surface area contributed by atoms with Gasteiger partial charge in [0.25, 0.3) is 5.91 Å². The molecule has 0 aliphatic carbocycles. The van der Waals surface area contributed by atoms with Crippen LogP contribution in [-0.2, 0) is 11.3 Å². The summed E-state index contributed by atoms with van der Waals surface area (Å²) in [4.78, 5) is 18.7. The van der Waals surface area contributed by atoms with Crippen LogP contribution in [0.4, 0.5) is 0 Å². The molecule has 1 heterocycles. The summed E-state index contributed by atoms with van der Waals surface area (Å²) < 4.78 is 11.3. The van der Waals surface area contributed by atoms with E-state index in [1.807, 2.05) is 73.7 Å². The first kappa shape index (κ1) is 19.6. The van der Waals surface area contributed by atoms with Crippen molar-refractivity contribution in [1.82, 2.24) is 15.0 Å². The zero-order chi connectivity index (χ0) is 21.1. The normalized spacial score (nSPS) is 12.0. The average molecular weight is 401 g/mol. The van der Waals surface area contributed by atoms with Gasteiger partial charge in [-0.25, -0.2) is 0 Å². The third-order valence-corrected chi connectivity index (χ3v) is 4.93. The van der Waals surface area contributed by atoms with Crippen molar-refractivity contribution < 1.29 is 14.1 Å². The van der Waals surface area contributed by atoms with Gasteiger partial charge in [0.05, 0.1) is 6.54 Å². The molecule has 6 heteroatoms. The maximum atomic E-state index is 12.8. The van der Waals surface area contributed by atoms with E-state index in [1.54, 1.807) is 14.0 Å². The van der Waals surface area contributed by atoms with Crippen molar-refractivity contribution in [2.24, 2.45) is 0 Å². The summed E-state index contributed by atoms with van der Waals surface area (Å²) in [5.41, 5.74) is 2.03. The van der Waals surface area contributed by atoms with Crippen LogP contribution in [-0.4, -0.2) is 34.1 Å². The number of hydrogen-bond acceptors (Lipinski definition) is 5. The summed E-state index contributed by atoms with van der Waals surface area (Å²) in [5, 5.41) is 6.06. The van der Waals surface area contributed by atoms with E-state index in [1.165, 1.54) is 4.90 Å². The standard InChI is InChI=1S/C24H23N3O3/c1-16-11-13-19(14-12-16)23-25-22(30-26-23)15-27(3)24(28)17(2)29-21-10-6-8-18-7-4-5-9-20(18)21/h4-14,17H,15H2,1-3H3/t17-/m1/s1. The molecule has 0 N–H and O–H groups in total. The zero-order valence-electron chi connectivity index (χ0n) is 17.2. The van der Waals surface area contributed by atoms with Crippen molar-refractivity contribution in [2.75, 3.05) is 7.05 Å². The maximum absolute atomic E-state index is 12.8. The Labute approximate surface area is 175 Å². The van der Waals surface area contributed by atoms with E-state index in [9.17, 15) is 4.79 Å². The van der Waals surface area contributed by atoms with Crippen molar-refractivity contribution >= 4 is 16.7 Å². The van der Waals surface area contributed by atoms with Gasteiger partial charge in [0.2, 0.25) is 11.7 Å². The molecule has 0 saturated carbocycles. The Morgan fingerprint density at radius 2 is 1.80 bits per heavy atom. The molecule has 3 aromatic carbocycles. The average Bonchev–Trinajstić information content (AvgIpc) is 3.22. The van der Waals surface area contributed by atoms with E-state index >= 15 is 0 Å². The monoisotopic (exact) mass is 401 g/mol. The molecule has 4 aromatic rings. The van der Waals surface area contributed by atoms with Crippen LogP contribution in [0.15, 0.2) is 71.3 Å². The highest BCUT2D eigenvalue weighted by Crippen LogP contribution is 2.26. The number of carbonyl (C=O) groups excluding carboxylic acids is 1. The van der Waals surface area contributed by atoms with Crippen LogP contribution in [0, 0.1) is 6.92 Å². The Hall–Kier alpha value is -3.67. The lowest BCUT2D eigenvalue weighted by atomic mass is 10.1. The number of carbonyl (C=O) groups is 1. The van der Waals surface area contributed by atoms with Crippen molar-refractivity contribution in [1.29, 1.82) is 0 Å². The Kier molecular flexibility index (Phi) is 5.48. The number of likely N-dealkylation sites (N-methyl/N-ethyl adjacent to an activating group) is 1. The highest BCUT2D eigenvalue weighted by molar-refractivity contribution is 5.89. The number of amides is 1. The predicted octanol–water partition coefficient (Wildman–Crippen LogP) is 4.62. The third-order valence-electron chi connectivity index (χ3n) is 4.93. The molecule has 0 radical (unpaired) electrons. The smallest absolute Gasteiger partial charge is 0.263 e. The first-order chi connectivity index (χ1) is 14.5. The number of aromatic nitrogens is 2. The zero-order valence-corrected chi connectivity index (χ0v) is 17.2. The molecule has 0 aliphatic heterocycles. The van der Waals surface area contributed by atoms with Crippen molar-refractivity contribution in [3.05, 3.63) is 78.2 Å². The lowest BCUT2D eigenvalue weighted by Gasteiger charge is -2.21. The summed E-state index contributed by atoms with van der Waals surface area (Å²) >= 11 is 0. The molecule has 30 heavy (non-hydrogen) atoms. The lowest BCUT2D eigenvalue weighted by molar-refractivity contribution is -0.137. The Bertz CT molecular complexity index is 1160. The number of nitrogens with zero attached hydrogens (tertiary/aromatic N) is 3. The molecule has 0 saturated heterocycles. The number of ether oxygens (including phenoxy) is 1. The van der Waals surface area contributed by atoms with E-state index in [-0.39, 0.29) is 12.5 Å². The molecular formula is C24H23N3O3. The van der Waals surface area contributed by atoms with Gasteiger partial charge in [0.15, 0.2) is 6.10 Å². The van der Waals surface area contributed by atoms with E-state index in [2.05, 4.69) is 10.1 Å². The first-order valence-corrected chi connectivity index (χ1v) is 9.80. The van der Waals surface area contributed by atoms with Crippen LogP contribution in [0.1, 0.15) is 18.4 Å². The van der Waals surface area contributed by atoms with Crippen LogP contribution in [0.5, 0.6) is 5.75 Å². The van der Waals surface area contributed by atoms with Crippen LogP contribution in [0.2, 0.25) is 0 Å². The fourth-order valence-electron chi connectivity index (χ4n) is 3.27. The van der Waals surface area contributed by atoms with Gasteiger partial charge in [-0.1, -0.05) is 71.4 Å². The summed E-state index contributed by atoms with van der Waals surface area (Å²) in [6.07, 6.45) is -0.653. The molecule has 152 valence electrons. The summed E-state index contributed by atoms with van der Waals surface area (Å²) in [6, 6.07) is 21.6. The van der Waals surface area contributed by atoms with Gasteiger partial charge in [-0.15, -0.1) is 0 Å². The van der Waals surface area contributed by atoms with Crippen molar-refractivity contribution in [3.63, 3.8) is 0 Å². The number of fused-ring (bicyclic) bond motifs is 1. The van der Waals surface area contributed by atoms with Gasteiger partial charge in [-0.3, -0.25) is 4.79 Å². The van der Waals surface area contributed by atoms with Gasteiger partial charge in [0, 0.05) is 18.0 Å². The summed E-state index contributed by atoms with van der Waals surface area (Å²) in [5.74, 6) is 1.39. The second-order valence-electron chi connectivity index (χ2n) is 7.31. The minimum Gasteiger partial charge on any atom is -0.480 e. The molecule has 6 nitrogen and oxygen atoms in total. The topological polar surface area (TPSA) is 68.5 Å². The summed E-state index contributed by atoms with van der Waals surface area (Å²) in [6.45, 7) is 3.97. The number of benzene rings is 3. The Morgan fingerprint density at radius 1 is 1.07 bits per heavy atom. The molecule has 0 aliphatic rings. The van der Waals surface area contributed by atoms with Gasteiger partial charge in [-0.2, -0.15) is 4.98 Å². The minimum absolute atomic E-state index is 0.168. The number of aryl methyl sites for hydroxylation is 1. The second kappa shape index (κ2) is 8.37. The second-order valence-corrected chi connectivity index (χ2v) is 7.31. The molecule has 1 atom stereocenters. The molecule has 0 fully saturated rings. The third kappa shape index (κ3) is 4.17. The quantitative estimate of drug-likeness (QED) is 0.471.